The largest absolute Gasteiger partial charge is 0.463 e. The Hall–Kier alpha value is -2.30. The molecular formula is C19H24N2O3. The fourth-order valence-electron chi connectivity index (χ4n) is 3.38. The van der Waals surface area contributed by atoms with Gasteiger partial charge in [-0.3, -0.25) is 9.59 Å². The summed E-state index contributed by atoms with van der Waals surface area (Å²) in [5.41, 5.74) is 0.376. The minimum absolute atomic E-state index is 0.177. The van der Waals surface area contributed by atoms with Crippen LogP contribution >= 0.6 is 0 Å². The lowest BCUT2D eigenvalue weighted by Gasteiger charge is -2.24. The number of rotatable bonds is 5. The molecule has 128 valence electrons. The predicted octanol–water partition coefficient (Wildman–Crippen LogP) is 3.68. The monoisotopic (exact) mass is 328 g/mol. The standard InChI is InChI=1S/C19H24N2O3/c1-21(12-11-14-6-3-2-4-7-14)19(23)15-9-10-16(20-18(15)22)17-8-5-13-24-17/h5,8-10,13-14H,2-4,6-7,11-12H2,1H3,(H,20,22). The molecule has 1 saturated carbocycles. The lowest BCUT2D eigenvalue weighted by molar-refractivity contribution is 0.0782. The molecule has 3 rings (SSSR count). The van der Waals surface area contributed by atoms with Crippen LogP contribution in [0.25, 0.3) is 11.5 Å². The normalized spacial score (nSPS) is 15.4. The van der Waals surface area contributed by atoms with E-state index in [1.54, 1.807) is 42.5 Å². The Bertz CT molecular complexity index is 727. The zero-order chi connectivity index (χ0) is 16.9. The van der Waals surface area contributed by atoms with Gasteiger partial charge in [-0.05, 0) is 36.6 Å². The van der Waals surface area contributed by atoms with E-state index >= 15 is 0 Å². The Morgan fingerprint density at radius 1 is 1.25 bits per heavy atom. The Balaban J connectivity index is 1.64. The van der Waals surface area contributed by atoms with E-state index in [4.69, 9.17) is 4.42 Å². The number of carbonyl (C=O) groups excluding carboxylic acids is 1. The third-order valence-corrected chi connectivity index (χ3v) is 4.87. The first-order valence-corrected chi connectivity index (χ1v) is 8.68. The summed E-state index contributed by atoms with van der Waals surface area (Å²) in [5.74, 6) is 1.07. The summed E-state index contributed by atoms with van der Waals surface area (Å²) in [6.07, 6.45) is 9.03. The first kappa shape index (κ1) is 16.6. The fraction of sp³-hybridized carbons (Fsp3) is 0.474. The first-order chi connectivity index (χ1) is 11.6. The summed E-state index contributed by atoms with van der Waals surface area (Å²) in [7, 11) is 1.77. The van der Waals surface area contributed by atoms with Crippen molar-refractivity contribution in [1.29, 1.82) is 0 Å². The highest BCUT2D eigenvalue weighted by Gasteiger charge is 2.19. The predicted molar refractivity (Wildman–Crippen MR) is 92.9 cm³/mol. The molecule has 0 saturated heterocycles. The smallest absolute Gasteiger partial charge is 0.261 e. The van der Waals surface area contributed by atoms with Crippen LogP contribution in [0.5, 0.6) is 0 Å². The summed E-state index contributed by atoms with van der Waals surface area (Å²) in [6, 6.07) is 6.81. The number of carbonyl (C=O) groups is 1. The third kappa shape index (κ3) is 3.78. The maximum Gasteiger partial charge on any atom is 0.261 e. The van der Waals surface area contributed by atoms with Gasteiger partial charge in [0.1, 0.15) is 11.3 Å². The molecule has 0 radical (unpaired) electrons. The van der Waals surface area contributed by atoms with Crippen molar-refractivity contribution in [3.05, 3.63) is 46.4 Å². The van der Waals surface area contributed by atoms with Gasteiger partial charge in [-0.1, -0.05) is 32.1 Å². The quantitative estimate of drug-likeness (QED) is 0.910. The third-order valence-electron chi connectivity index (χ3n) is 4.87. The maximum absolute atomic E-state index is 12.5. The Kier molecular flexibility index (Phi) is 5.18. The summed E-state index contributed by atoms with van der Waals surface area (Å²) >= 11 is 0. The molecule has 1 aliphatic rings. The molecule has 0 atom stereocenters. The molecule has 0 aromatic carbocycles. The molecule has 1 N–H and O–H groups in total. The van der Waals surface area contributed by atoms with Crippen molar-refractivity contribution >= 4 is 5.91 Å². The van der Waals surface area contributed by atoms with Gasteiger partial charge in [-0.2, -0.15) is 0 Å². The number of hydrogen-bond donors (Lipinski definition) is 1. The summed E-state index contributed by atoms with van der Waals surface area (Å²) < 4.78 is 5.26. The van der Waals surface area contributed by atoms with Crippen molar-refractivity contribution in [2.45, 2.75) is 38.5 Å². The van der Waals surface area contributed by atoms with Gasteiger partial charge in [0.05, 0.1) is 12.0 Å². The van der Waals surface area contributed by atoms with Crippen LogP contribution < -0.4 is 5.56 Å². The van der Waals surface area contributed by atoms with Crippen molar-refractivity contribution in [2.24, 2.45) is 5.92 Å². The number of nitrogens with zero attached hydrogens (tertiary/aromatic N) is 1. The number of aromatic nitrogens is 1. The van der Waals surface area contributed by atoms with Crippen molar-refractivity contribution in [2.75, 3.05) is 13.6 Å². The van der Waals surface area contributed by atoms with Crippen LogP contribution in [0, 0.1) is 5.92 Å². The van der Waals surface area contributed by atoms with Crippen LogP contribution in [0.3, 0.4) is 0 Å². The molecular weight excluding hydrogens is 304 g/mol. The van der Waals surface area contributed by atoms with E-state index in [9.17, 15) is 9.59 Å². The zero-order valence-corrected chi connectivity index (χ0v) is 14.1. The van der Waals surface area contributed by atoms with Crippen LogP contribution in [0.15, 0.2) is 39.7 Å². The van der Waals surface area contributed by atoms with E-state index in [1.807, 2.05) is 0 Å². The second-order valence-electron chi connectivity index (χ2n) is 6.61. The highest BCUT2D eigenvalue weighted by molar-refractivity contribution is 5.93. The maximum atomic E-state index is 12.5. The number of furan rings is 1. The SMILES string of the molecule is CN(CCC1CCCCC1)C(=O)c1ccc(-c2ccco2)[nH]c1=O. The Morgan fingerprint density at radius 3 is 2.71 bits per heavy atom. The summed E-state index contributed by atoms with van der Waals surface area (Å²) in [4.78, 5) is 29.1. The first-order valence-electron chi connectivity index (χ1n) is 8.68. The van der Waals surface area contributed by atoms with Gasteiger partial charge in [0, 0.05) is 13.6 Å². The molecule has 0 bridgehead atoms. The molecule has 5 nitrogen and oxygen atoms in total. The average molecular weight is 328 g/mol. The van der Waals surface area contributed by atoms with Gasteiger partial charge < -0.3 is 14.3 Å². The van der Waals surface area contributed by atoms with Crippen LogP contribution in [-0.2, 0) is 0 Å². The topological polar surface area (TPSA) is 66.3 Å². The van der Waals surface area contributed by atoms with Crippen molar-refractivity contribution in [1.82, 2.24) is 9.88 Å². The Morgan fingerprint density at radius 2 is 2.04 bits per heavy atom. The second kappa shape index (κ2) is 7.51. The molecule has 24 heavy (non-hydrogen) atoms. The van der Waals surface area contributed by atoms with Gasteiger partial charge in [0.15, 0.2) is 0 Å². The number of amides is 1. The number of pyridine rings is 1. The van der Waals surface area contributed by atoms with Gasteiger partial charge in [0.2, 0.25) is 0 Å². The lowest BCUT2D eigenvalue weighted by Crippen LogP contribution is -2.33. The highest BCUT2D eigenvalue weighted by Crippen LogP contribution is 2.26. The van der Waals surface area contributed by atoms with Crippen molar-refractivity contribution < 1.29 is 9.21 Å². The average Bonchev–Trinajstić information content (AvgIpc) is 3.14. The molecule has 2 aromatic rings. The van der Waals surface area contributed by atoms with Crippen LogP contribution in [-0.4, -0.2) is 29.4 Å². The van der Waals surface area contributed by atoms with E-state index in [-0.39, 0.29) is 17.0 Å². The van der Waals surface area contributed by atoms with Gasteiger partial charge >= 0.3 is 0 Å². The van der Waals surface area contributed by atoms with E-state index in [0.29, 0.717) is 23.9 Å². The van der Waals surface area contributed by atoms with Crippen LogP contribution in [0.2, 0.25) is 0 Å². The molecule has 2 heterocycles. The molecule has 1 aliphatic carbocycles. The van der Waals surface area contributed by atoms with Crippen molar-refractivity contribution in [3.8, 4) is 11.5 Å². The Labute approximate surface area is 141 Å². The molecule has 1 fully saturated rings. The lowest BCUT2D eigenvalue weighted by atomic mass is 9.87. The number of aromatic amines is 1. The molecule has 0 unspecified atom stereocenters. The second-order valence-corrected chi connectivity index (χ2v) is 6.61. The molecule has 2 aromatic heterocycles. The fourth-order valence-corrected chi connectivity index (χ4v) is 3.38. The van der Waals surface area contributed by atoms with E-state index in [1.165, 1.54) is 32.1 Å². The van der Waals surface area contributed by atoms with Crippen molar-refractivity contribution in [3.63, 3.8) is 0 Å². The summed E-state index contributed by atoms with van der Waals surface area (Å²) in [5, 5.41) is 0. The van der Waals surface area contributed by atoms with Crippen LogP contribution in [0.4, 0.5) is 0 Å². The minimum atomic E-state index is -0.376. The molecule has 1 amide bonds. The highest BCUT2D eigenvalue weighted by atomic mass is 16.3. The molecule has 0 spiro atoms. The number of nitrogens with one attached hydrogen (secondary N) is 1. The summed E-state index contributed by atoms with van der Waals surface area (Å²) in [6.45, 7) is 0.697. The van der Waals surface area contributed by atoms with Gasteiger partial charge in [-0.25, -0.2) is 0 Å². The van der Waals surface area contributed by atoms with E-state index in [2.05, 4.69) is 4.98 Å². The van der Waals surface area contributed by atoms with Crippen LogP contribution in [0.1, 0.15) is 48.9 Å². The van der Waals surface area contributed by atoms with Gasteiger partial charge in [0.25, 0.3) is 11.5 Å². The molecule has 0 aliphatic heterocycles. The minimum Gasteiger partial charge on any atom is -0.463 e. The number of hydrogen-bond acceptors (Lipinski definition) is 3. The van der Waals surface area contributed by atoms with Gasteiger partial charge in [-0.15, -0.1) is 0 Å². The number of H-pyrrole nitrogens is 1. The van der Waals surface area contributed by atoms with E-state index in [0.717, 1.165) is 6.42 Å². The molecule has 5 heteroatoms. The zero-order valence-electron chi connectivity index (χ0n) is 14.1. The van der Waals surface area contributed by atoms with E-state index < -0.39 is 0 Å².